The van der Waals surface area contributed by atoms with Crippen LogP contribution in [0.4, 0.5) is 11.4 Å². The van der Waals surface area contributed by atoms with Crippen molar-refractivity contribution in [3.05, 3.63) is 74.0 Å². The topological polar surface area (TPSA) is 118 Å². The van der Waals surface area contributed by atoms with Crippen LogP contribution >= 0.6 is 0 Å². The molecule has 0 fully saturated rings. The molecular formula is C19H15N3O6. The van der Waals surface area contributed by atoms with Crippen molar-refractivity contribution in [3.63, 3.8) is 0 Å². The van der Waals surface area contributed by atoms with Crippen molar-refractivity contribution in [2.24, 2.45) is 0 Å². The molecule has 142 valence electrons. The third kappa shape index (κ3) is 3.58. The Bertz CT molecular complexity index is 1110. The van der Waals surface area contributed by atoms with Gasteiger partial charge < -0.3 is 9.47 Å². The summed E-state index contributed by atoms with van der Waals surface area (Å²) in [5.74, 6) is 0.609. The molecule has 2 aromatic carbocycles. The minimum Gasteiger partial charge on any atom is -0.493 e. The summed E-state index contributed by atoms with van der Waals surface area (Å²) in [6.07, 6.45) is 3.12. The van der Waals surface area contributed by atoms with E-state index in [1.54, 1.807) is 30.3 Å². The van der Waals surface area contributed by atoms with Gasteiger partial charge in [-0.3, -0.25) is 20.2 Å². The first kappa shape index (κ1) is 18.8. The second-order valence-corrected chi connectivity index (χ2v) is 5.69. The molecule has 0 unspecified atom stereocenters. The van der Waals surface area contributed by atoms with Gasteiger partial charge in [0.2, 0.25) is 0 Å². The molecule has 3 rings (SSSR count). The molecule has 0 saturated heterocycles. The van der Waals surface area contributed by atoms with Gasteiger partial charge >= 0.3 is 0 Å². The number of ether oxygens (including phenoxy) is 2. The standard InChI is InChI=1S/C19H15N3O6/c1-27-18-10-12(17(22(25)26)11-19(18)28-2)6-7-13-8-9-14-15(20-13)4-3-5-16(14)21(23)24/h3-11H,1-2H3/b7-6+. The maximum atomic E-state index is 11.4. The lowest BCUT2D eigenvalue weighted by Crippen LogP contribution is -1.96. The van der Waals surface area contributed by atoms with E-state index in [0.29, 0.717) is 27.9 Å². The summed E-state index contributed by atoms with van der Waals surface area (Å²) in [6.45, 7) is 0. The highest BCUT2D eigenvalue weighted by atomic mass is 16.6. The molecule has 0 N–H and O–H groups in total. The van der Waals surface area contributed by atoms with Crippen LogP contribution in [0.5, 0.6) is 11.5 Å². The highest BCUT2D eigenvalue weighted by Gasteiger charge is 2.18. The van der Waals surface area contributed by atoms with E-state index in [-0.39, 0.29) is 17.1 Å². The number of aromatic nitrogens is 1. The van der Waals surface area contributed by atoms with Crippen LogP contribution in [0, 0.1) is 20.2 Å². The molecule has 28 heavy (non-hydrogen) atoms. The highest BCUT2D eigenvalue weighted by molar-refractivity contribution is 5.89. The van der Waals surface area contributed by atoms with E-state index in [4.69, 9.17) is 9.47 Å². The van der Waals surface area contributed by atoms with Crippen LogP contribution in [0.25, 0.3) is 23.1 Å². The number of nitro groups is 2. The number of fused-ring (bicyclic) bond motifs is 1. The van der Waals surface area contributed by atoms with Gasteiger partial charge in [0.15, 0.2) is 11.5 Å². The van der Waals surface area contributed by atoms with E-state index in [2.05, 4.69) is 4.98 Å². The fourth-order valence-corrected chi connectivity index (χ4v) is 2.76. The Kier molecular flexibility index (Phi) is 5.16. The van der Waals surface area contributed by atoms with Gasteiger partial charge in [0, 0.05) is 6.07 Å². The van der Waals surface area contributed by atoms with E-state index in [1.165, 1.54) is 38.5 Å². The van der Waals surface area contributed by atoms with Gasteiger partial charge in [-0.15, -0.1) is 0 Å². The summed E-state index contributed by atoms with van der Waals surface area (Å²) in [5, 5.41) is 22.9. The van der Waals surface area contributed by atoms with Crippen LogP contribution in [0.1, 0.15) is 11.3 Å². The zero-order valence-corrected chi connectivity index (χ0v) is 15.0. The van der Waals surface area contributed by atoms with Gasteiger partial charge in [-0.05, 0) is 36.4 Å². The number of nitro benzene ring substituents is 2. The number of pyridine rings is 1. The number of hydrogen-bond acceptors (Lipinski definition) is 7. The maximum absolute atomic E-state index is 11.4. The maximum Gasteiger partial charge on any atom is 0.280 e. The van der Waals surface area contributed by atoms with Crippen LogP contribution in [-0.4, -0.2) is 29.1 Å². The monoisotopic (exact) mass is 381 g/mol. The molecule has 1 aromatic heterocycles. The summed E-state index contributed by atoms with van der Waals surface area (Å²) in [6, 6.07) is 10.6. The van der Waals surface area contributed by atoms with Gasteiger partial charge in [0.1, 0.15) is 0 Å². The molecule has 0 radical (unpaired) electrons. The van der Waals surface area contributed by atoms with Gasteiger partial charge in [0.05, 0.1) is 52.3 Å². The molecule has 0 aliphatic heterocycles. The Labute approximate surface area is 159 Å². The summed E-state index contributed by atoms with van der Waals surface area (Å²) < 4.78 is 10.3. The summed E-state index contributed by atoms with van der Waals surface area (Å²) in [4.78, 5) is 25.9. The quantitative estimate of drug-likeness (QED) is 0.463. The second kappa shape index (κ2) is 7.70. The van der Waals surface area contributed by atoms with Crippen molar-refractivity contribution in [1.82, 2.24) is 4.98 Å². The number of benzene rings is 2. The fourth-order valence-electron chi connectivity index (χ4n) is 2.76. The average Bonchev–Trinajstić information content (AvgIpc) is 2.70. The lowest BCUT2D eigenvalue weighted by atomic mass is 10.1. The van der Waals surface area contributed by atoms with Crippen molar-refractivity contribution in [3.8, 4) is 11.5 Å². The molecule has 9 heteroatoms. The minimum atomic E-state index is -0.515. The van der Waals surface area contributed by atoms with Gasteiger partial charge in [0.25, 0.3) is 11.4 Å². The number of methoxy groups -OCH3 is 2. The summed E-state index contributed by atoms with van der Waals surface area (Å²) in [7, 11) is 2.84. The van der Waals surface area contributed by atoms with E-state index in [1.807, 2.05) is 0 Å². The summed E-state index contributed by atoms with van der Waals surface area (Å²) in [5.41, 5.74) is 1.08. The molecular weight excluding hydrogens is 366 g/mol. The van der Waals surface area contributed by atoms with Crippen molar-refractivity contribution in [1.29, 1.82) is 0 Å². The van der Waals surface area contributed by atoms with Crippen LogP contribution in [-0.2, 0) is 0 Å². The van der Waals surface area contributed by atoms with E-state index in [9.17, 15) is 20.2 Å². The number of hydrogen-bond donors (Lipinski definition) is 0. The SMILES string of the molecule is COc1cc(/C=C/c2ccc3c([N+](=O)[O-])cccc3n2)c([N+](=O)[O-])cc1OC. The Morgan fingerprint density at radius 1 is 0.893 bits per heavy atom. The minimum absolute atomic E-state index is 0.0314. The second-order valence-electron chi connectivity index (χ2n) is 5.69. The van der Waals surface area contributed by atoms with Crippen molar-refractivity contribution < 1.29 is 19.3 Å². The van der Waals surface area contributed by atoms with Crippen molar-refractivity contribution >= 4 is 34.4 Å². The molecule has 0 saturated carbocycles. The molecule has 0 aliphatic carbocycles. The number of nitrogens with zero attached hydrogens (tertiary/aromatic N) is 3. The zero-order chi connectivity index (χ0) is 20.3. The normalized spacial score (nSPS) is 10.9. The van der Waals surface area contributed by atoms with Crippen molar-refractivity contribution in [2.45, 2.75) is 0 Å². The lowest BCUT2D eigenvalue weighted by molar-refractivity contribution is -0.385. The van der Waals surface area contributed by atoms with Crippen LogP contribution in [0.3, 0.4) is 0 Å². The van der Waals surface area contributed by atoms with E-state index < -0.39 is 9.85 Å². The zero-order valence-electron chi connectivity index (χ0n) is 15.0. The molecule has 0 amide bonds. The van der Waals surface area contributed by atoms with Crippen molar-refractivity contribution in [2.75, 3.05) is 14.2 Å². The average molecular weight is 381 g/mol. The van der Waals surface area contributed by atoms with Crippen LogP contribution in [0.2, 0.25) is 0 Å². The molecule has 0 spiro atoms. The first-order chi connectivity index (χ1) is 13.4. The van der Waals surface area contributed by atoms with Gasteiger partial charge in [-0.2, -0.15) is 0 Å². The predicted octanol–water partition coefficient (Wildman–Crippen LogP) is 4.24. The smallest absolute Gasteiger partial charge is 0.280 e. The Morgan fingerprint density at radius 2 is 1.57 bits per heavy atom. The number of rotatable bonds is 6. The molecule has 0 bridgehead atoms. The predicted molar refractivity (Wildman–Crippen MR) is 104 cm³/mol. The molecule has 0 atom stereocenters. The van der Waals surface area contributed by atoms with Crippen LogP contribution < -0.4 is 9.47 Å². The lowest BCUT2D eigenvalue weighted by Gasteiger charge is -2.08. The van der Waals surface area contributed by atoms with Gasteiger partial charge in [-0.25, -0.2) is 4.98 Å². The molecule has 0 aliphatic rings. The fraction of sp³-hybridized carbons (Fsp3) is 0.105. The van der Waals surface area contributed by atoms with Crippen LogP contribution in [0.15, 0.2) is 42.5 Å². The molecule has 1 heterocycles. The Hall–Kier alpha value is -4.01. The summed E-state index contributed by atoms with van der Waals surface area (Å²) >= 11 is 0. The van der Waals surface area contributed by atoms with E-state index >= 15 is 0 Å². The van der Waals surface area contributed by atoms with Gasteiger partial charge in [-0.1, -0.05) is 6.07 Å². The molecule has 3 aromatic rings. The Balaban J connectivity index is 2.04. The van der Waals surface area contributed by atoms with E-state index in [0.717, 1.165) is 0 Å². The largest absolute Gasteiger partial charge is 0.493 e. The molecule has 9 nitrogen and oxygen atoms in total. The first-order valence-electron chi connectivity index (χ1n) is 8.07. The third-order valence-electron chi connectivity index (χ3n) is 4.09. The first-order valence-corrected chi connectivity index (χ1v) is 8.07. The highest BCUT2D eigenvalue weighted by Crippen LogP contribution is 2.35. The third-order valence-corrected chi connectivity index (χ3v) is 4.09. The number of non-ortho nitro benzene ring substituents is 1. The Morgan fingerprint density at radius 3 is 2.21 bits per heavy atom.